The summed E-state index contributed by atoms with van der Waals surface area (Å²) in [6.07, 6.45) is -2.48. The van der Waals surface area contributed by atoms with Crippen LogP contribution in [0.5, 0.6) is 0 Å². The SMILES string of the molecule is O=C(/C(N=Nc1cccnc1)=C(/O)c1cccs1)C(F)(F)F. The molecule has 2 aromatic heterocycles. The highest BCUT2D eigenvalue weighted by Crippen LogP contribution is 2.29. The molecule has 114 valence electrons. The Morgan fingerprint density at radius 2 is 2.05 bits per heavy atom. The second kappa shape index (κ2) is 6.48. The average Bonchev–Trinajstić information content (AvgIpc) is 3.01. The molecule has 0 aliphatic heterocycles. The summed E-state index contributed by atoms with van der Waals surface area (Å²) < 4.78 is 37.9. The maximum Gasteiger partial charge on any atom is 0.456 e. The van der Waals surface area contributed by atoms with Crippen LogP contribution in [0.1, 0.15) is 4.88 Å². The number of halogens is 3. The highest BCUT2D eigenvalue weighted by Gasteiger charge is 2.43. The van der Waals surface area contributed by atoms with Crippen LogP contribution in [-0.4, -0.2) is 22.1 Å². The molecule has 0 aliphatic carbocycles. The molecule has 22 heavy (non-hydrogen) atoms. The number of alkyl halides is 3. The van der Waals surface area contributed by atoms with E-state index in [1.807, 2.05) is 0 Å². The summed E-state index contributed by atoms with van der Waals surface area (Å²) in [5.41, 5.74) is -1.02. The minimum atomic E-state index is -5.17. The minimum absolute atomic E-state index is 0.0812. The monoisotopic (exact) mass is 327 g/mol. The van der Waals surface area contributed by atoms with E-state index in [1.54, 1.807) is 5.38 Å². The van der Waals surface area contributed by atoms with Gasteiger partial charge in [0.2, 0.25) is 0 Å². The van der Waals surface area contributed by atoms with Crippen LogP contribution in [0.2, 0.25) is 0 Å². The van der Waals surface area contributed by atoms with Crippen molar-refractivity contribution in [1.82, 2.24) is 4.98 Å². The minimum Gasteiger partial charge on any atom is -0.504 e. The molecule has 0 radical (unpaired) electrons. The molecule has 0 amide bonds. The highest BCUT2D eigenvalue weighted by atomic mass is 32.1. The van der Waals surface area contributed by atoms with Crippen LogP contribution in [0.4, 0.5) is 18.9 Å². The molecule has 0 unspecified atom stereocenters. The van der Waals surface area contributed by atoms with E-state index < -0.39 is 23.4 Å². The predicted molar refractivity (Wildman–Crippen MR) is 73.7 cm³/mol. The number of thiophene rings is 1. The van der Waals surface area contributed by atoms with Crippen molar-refractivity contribution in [2.75, 3.05) is 0 Å². The quantitative estimate of drug-likeness (QED) is 0.517. The van der Waals surface area contributed by atoms with E-state index in [2.05, 4.69) is 15.2 Å². The molecule has 0 atom stereocenters. The average molecular weight is 327 g/mol. The molecule has 0 bridgehead atoms. The number of aliphatic hydroxyl groups is 1. The molecule has 2 aromatic rings. The summed E-state index contributed by atoms with van der Waals surface area (Å²) in [4.78, 5) is 15.2. The number of azo groups is 1. The molecule has 0 fully saturated rings. The van der Waals surface area contributed by atoms with Gasteiger partial charge in [-0.3, -0.25) is 9.78 Å². The van der Waals surface area contributed by atoms with Crippen LogP contribution in [0, 0.1) is 0 Å². The lowest BCUT2D eigenvalue weighted by Crippen LogP contribution is -2.24. The van der Waals surface area contributed by atoms with Gasteiger partial charge in [0.1, 0.15) is 5.69 Å². The molecule has 0 saturated heterocycles. The third-order valence-corrected chi connectivity index (χ3v) is 3.24. The summed E-state index contributed by atoms with van der Waals surface area (Å²) in [5.74, 6) is -3.14. The summed E-state index contributed by atoms with van der Waals surface area (Å²) in [6, 6.07) is 5.82. The van der Waals surface area contributed by atoms with Gasteiger partial charge in [-0.05, 0) is 23.6 Å². The van der Waals surface area contributed by atoms with Crippen molar-refractivity contribution in [3.8, 4) is 0 Å². The number of hydrogen-bond acceptors (Lipinski definition) is 6. The molecular formula is C13H8F3N3O2S. The van der Waals surface area contributed by atoms with Gasteiger partial charge in [0.05, 0.1) is 11.1 Å². The fraction of sp³-hybridized carbons (Fsp3) is 0.0769. The first kappa shape index (κ1) is 15.8. The first-order chi connectivity index (χ1) is 10.4. The Balaban J connectivity index is 2.45. The van der Waals surface area contributed by atoms with E-state index in [0.29, 0.717) is 0 Å². The molecule has 0 aliphatic rings. The first-order valence-electron chi connectivity index (χ1n) is 5.80. The molecule has 2 heterocycles. The van der Waals surface area contributed by atoms with Gasteiger partial charge < -0.3 is 5.11 Å². The summed E-state index contributed by atoms with van der Waals surface area (Å²) in [7, 11) is 0. The van der Waals surface area contributed by atoms with E-state index >= 15 is 0 Å². The van der Waals surface area contributed by atoms with Gasteiger partial charge in [0.15, 0.2) is 11.5 Å². The zero-order valence-electron chi connectivity index (χ0n) is 10.8. The maximum absolute atomic E-state index is 12.6. The third-order valence-electron chi connectivity index (χ3n) is 2.36. The summed E-state index contributed by atoms with van der Waals surface area (Å²) in [5, 5.41) is 18.2. The van der Waals surface area contributed by atoms with E-state index in [-0.39, 0.29) is 10.6 Å². The van der Waals surface area contributed by atoms with E-state index in [9.17, 15) is 23.1 Å². The van der Waals surface area contributed by atoms with Gasteiger partial charge in [-0.1, -0.05) is 6.07 Å². The van der Waals surface area contributed by atoms with E-state index in [4.69, 9.17) is 0 Å². The van der Waals surface area contributed by atoms with Crippen molar-refractivity contribution < 1.29 is 23.1 Å². The molecule has 2 rings (SSSR count). The van der Waals surface area contributed by atoms with Crippen LogP contribution < -0.4 is 0 Å². The Kier molecular flexibility index (Phi) is 4.66. The van der Waals surface area contributed by atoms with Crippen molar-refractivity contribution in [3.05, 3.63) is 52.6 Å². The zero-order valence-corrected chi connectivity index (χ0v) is 11.6. The lowest BCUT2D eigenvalue weighted by atomic mass is 10.2. The van der Waals surface area contributed by atoms with Gasteiger partial charge in [0.25, 0.3) is 5.78 Å². The van der Waals surface area contributed by atoms with Crippen LogP contribution in [0.3, 0.4) is 0 Å². The number of rotatable bonds is 4. The van der Waals surface area contributed by atoms with Crippen molar-refractivity contribution in [2.24, 2.45) is 10.2 Å². The number of allylic oxidation sites excluding steroid dienone is 1. The second-order valence-corrected chi connectivity index (χ2v) is 4.86. The number of Topliss-reactive ketones (excluding diaryl/α,β-unsaturated/α-hetero) is 1. The molecule has 0 spiro atoms. The predicted octanol–water partition coefficient (Wildman–Crippen LogP) is 4.29. The zero-order chi connectivity index (χ0) is 16.2. The third kappa shape index (κ3) is 3.76. The van der Waals surface area contributed by atoms with Crippen LogP contribution >= 0.6 is 11.3 Å². The Labute approximate surface area is 126 Å². The van der Waals surface area contributed by atoms with Gasteiger partial charge in [-0.2, -0.15) is 13.2 Å². The fourth-order valence-electron chi connectivity index (χ4n) is 1.39. The van der Waals surface area contributed by atoms with Gasteiger partial charge in [0, 0.05) is 6.20 Å². The molecule has 1 N–H and O–H groups in total. The van der Waals surface area contributed by atoms with Crippen LogP contribution in [0.15, 0.2) is 58.0 Å². The number of ketones is 1. The highest BCUT2D eigenvalue weighted by molar-refractivity contribution is 7.11. The standard InChI is InChI=1S/C13H8F3N3O2S/c14-13(15,16)12(21)10(11(20)9-4-2-6-22-9)19-18-8-3-1-5-17-7-8/h1-7,20H/b11-10-,19-18?. The number of aliphatic hydroxyl groups excluding tert-OH is 1. The van der Waals surface area contributed by atoms with Gasteiger partial charge >= 0.3 is 6.18 Å². The van der Waals surface area contributed by atoms with E-state index in [0.717, 1.165) is 11.3 Å². The molecule has 9 heteroatoms. The Morgan fingerprint density at radius 3 is 2.59 bits per heavy atom. The molecule has 5 nitrogen and oxygen atoms in total. The Bertz CT molecular complexity index is 710. The number of hydrogen-bond donors (Lipinski definition) is 1. The summed E-state index contributed by atoms with van der Waals surface area (Å²) in [6.45, 7) is 0. The van der Waals surface area contributed by atoms with E-state index in [1.165, 1.54) is 36.7 Å². The fourth-order valence-corrected chi connectivity index (χ4v) is 2.05. The number of carbonyl (C=O) groups excluding carboxylic acids is 1. The lowest BCUT2D eigenvalue weighted by molar-refractivity contribution is -0.166. The van der Waals surface area contributed by atoms with Crippen LogP contribution in [0.25, 0.3) is 5.76 Å². The van der Waals surface area contributed by atoms with Gasteiger partial charge in [-0.15, -0.1) is 21.6 Å². The number of aromatic nitrogens is 1. The van der Waals surface area contributed by atoms with Gasteiger partial charge in [-0.25, -0.2) is 0 Å². The van der Waals surface area contributed by atoms with Crippen molar-refractivity contribution in [3.63, 3.8) is 0 Å². The first-order valence-corrected chi connectivity index (χ1v) is 6.68. The molecule has 0 aromatic carbocycles. The van der Waals surface area contributed by atoms with Crippen molar-refractivity contribution in [2.45, 2.75) is 6.18 Å². The smallest absolute Gasteiger partial charge is 0.456 e. The van der Waals surface area contributed by atoms with Crippen molar-refractivity contribution in [1.29, 1.82) is 0 Å². The molecular weight excluding hydrogens is 319 g/mol. The second-order valence-electron chi connectivity index (χ2n) is 3.91. The lowest BCUT2D eigenvalue weighted by Gasteiger charge is -2.06. The summed E-state index contributed by atoms with van der Waals surface area (Å²) >= 11 is 0.968. The normalized spacial score (nSPS) is 13.2. The number of pyridine rings is 1. The topological polar surface area (TPSA) is 74.9 Å². The number of nitrogens with zero attached hydrogens (tertiary/aromatic N) is 3. The Morgan fingerprint density at radius 1 is 1.27 bits per heavy atom. The van der Waals surface area contributed by atoms with Crippen LogP contribution in [-0.2, 0) is 4.79 Å². The molecule has 0 saturated carbocycles. The Hall–Kier alpha value is -2.55. The maximum atomic E-state index is 12.6. The van der Waals surface area contributed by atoms with Crippen molar-refractivity contribution >= 4 is 28.6 Å². The largest absolute Gasteiger partial charge is 0.504 e. The number of carbonyl (C=O) groups is 1.